The standard InChI is InChI=1S/C25H31N5O2/c1-19-8-9-21(24(14-19)32-23-11-13-31-18-23)16-28-25(26-2)27-12-10-20-15-29-30(17-20)22-6-4-3-5-7-22/h3-9,14-15,17,23H,10-13,16,18H2,1-2H3,(H2,26,27,28). The van der Waals surface area contributed by atoms with Crippen molar-refractivity contribution >= 4 is 5.96 Å². The molecule has 1 fully saturated rings. The van der Waals surface area contributed by atoms with Crippen molar-refractivity contribution in [2.75, 3.05) is 26.8 Å². The van der Waals surface area contributed by atoms with E-state index in [1.54, 1.807) is 7.05 Å². The number of ether oxygens (including phenoxy) is 2. The third-order valence-corrected chi connectivity index (χ3v) is 5.44. The molecule has 1 aromatic heterocycles. The highest BCUT2D eigenvalue weighted by Gasteiger charge is 2.18. The summed E-state index contributed by atoms with van der Waals surface area (Å²) in [5, 5.41) is 11.2. The predicted molar refractivity (Wildman–Crippen MR) is 127 cm³/mol. The van der Waals surface area contributed by atoms with Gasteiger partial charge in [0.1, 0.15) is 11.9 Å². The maximum Gasteiger partial charge on any atom is 0.191 e. The second-order valence-corrected chi connectivity index (χ2v) is 7.95. The Balaban J connectivity index is 1.28. The monoisotopic (exact) mass is 433 g/mol. The van der Waals surface area contributed by atoms with E-state index >= 15 is 0 Å². The Morgan fingerprint density at radius 1 is 1.22 bits per heavy atom. The number of guanidine groups is 1. The Bertz CT molecular complexity index is 1030. The fourth-order valence-corrected chi connectivity index (χ4v) is 3.64. The number of aliphatic imine (C=N–C) groups is 1. The Morgan fingerprint density at radius 3 is 2.88 bits per heavy atom. The molecule has 1 saturated heterocycles. The lowest BCUT2D eigenvalue weighted by Gasteiger charge is -2.18. The van der Waals surface area contributed by atoms with E-state index in [1.807, 2.05) is 41.2 Å². The van der Waals surface area contributed by atoms with E-state index in [0.29, 0.717) is 13.2 Å². The first-order valence-electron chi connectivity index (χ1n) is 11.1. The van der Waals surface area contributed by atoms with Crippen LogP contribution in [0.5, 0.6) is 5.75 Å². The van der Waals surface area contributed by atoms with Crippen molar-refractivity contribution in [3.05, 3.63) is 77.6 Å². The topological polar surface area (TPSA) is 72.7 Å². The van der Waals surface area contributed by atoms with Crippen molar-refractivity contribution in [3.63, 3.8) is 0 Å². The fourth-order valence-electron chi connectivity index (χ4n) is 3.64. The number of hydrogen-bond donors (Lipinski definition) is 2. The van der Waals surface area contributed by atoms with Gasteiger partial charge in [0.2, 0.25) is 0 Å². The Morgan fingerprint density at radius 2 is 2.09 bits per heavy atom. The van der Waals surface area contributed by atoms with Crippen molar-refractivity contribution in [2.45, 2.75) is 32.4 Å². The molecule has 168 valence electrons. The van der Waals surface area contributed by atoms with Crippen LogP contribution in [-0.4, -0.2) is 48.7 Å². The summed E-state index contributed by atoms with van der Waals surface area (Å²) in [6.07, 6.45) is 5.90. The van der Waals surface area contributed by atoms with Gasteiger partial charge in [-0.25, -0.2) is 4.68 Å². The van der Waals surface area contributed by atoms with E-state index in [2.05, 4.69) is 52.0 Å². The third-order valence-electron chi connectivity index (χ3n) is 5.44. The molecule has 2 N–H and O–H groups in total. The van der Waals surface area contributed by atoms with Gasteiger partial charge in [-0.1, -0.05) is 30.3 Å². The van der Waals surface area contributed by atoms with Gasteiger partial charge in [0, 0.05) is 38.3 Å². The van der Waals surface area contributed by atoms with Crippen LogP contribution in [0.1, 0.15) is 23.1 Å². The van der Waals surface area contributed by atoms with Gasteiger partial charge in [-0.15, -0.1) is 0 Å². The van der Waals surface area contributed by atoms with E-state index in [1.165, 1.54) is 11.1 Å². The van der Waals surface area contributed by atoms with E-state index in [0.717, 1.165) is 49.0 Å². The van der Waals surface area contributed by atoms with E-state index in [-0.39, 0.29) is 6.10 Å². The minimum Gasteiger partial charge on any atom is -0.488 e. The zero-order valence-electron chi connectivity index (χ0n) is 18.8. The zero-order chi connectivity index (χ0) is 22.2. The van der Waals surface area contributed by atoms with Crippen LogP contribution < -0.4 is 15.4 Å². The van der Waals surface area contributed by atoms with Crippen LogP contribution in [-0.2, 0) is 17.7 Å². The first-order valence-corrected chi connectivity index (χ1v) is 11.1. The molecule has 32 heavy (non-hydrogen) atoms. The van der Waals surface area contributed by atoms with E-state index in [9.17, 15) is 0 Å². The molecule has 1 aliphatic rings. The SMILES string of the molecule is CN=C(NCCc1cnn(-c2ccccc2)c1)NCc1ccc(C)cc1OC1CCOC1. The zero-order valence-corrected chi connectivity index (χ0v) is 18.8. The normalized spacial score (nSPS) is 16.2. The summed E-state index contributed by atoms with van der Waals surface area (Å²) >= 11 is 0. The van der Waals surface area contributed by atoms with Gasteiger partial charge in [0.05, 0.1) is 25.1 Å². The Labute approximate surface area is 189 Å². The summed E-state index contributed by atoms with van der Waals surface area (Å²) in [5.74, 6) is 1.67. The minimum atomic E-state index is 0.129. The molecule has 0 spiro atoms. The molecule has 3 aromatic rings. The predicted octanol–water partition coefficient (Wildman–Crippen LogP) is 3.26. The third kappa shape index (κ3) is 5.88. The molecular weight excluding hydrogens is 402 g/mol. The maximum absolute atomic E-state index is 6.20. The molecule has 0 aliphatic carbocycles. The summed E-state index contributed by atoms with van der Waals surface area (Å²) in [4.78, 5) is 4.35. The smallest absolute Gasteiger partial charge is 0.191 e. The highest BCUT2D eigenvalue weighted by molar-refractivity contribution is 5.79. The number of aryl methyl sites for hydroxylation is 1. The molecule has 1 atom stereocenters. The lowest BCUT2D eigenvalue weighted by Crippen LogP contribution is -2.38. The lowest BCUT2D eigenvalue weighted by molar-refractivity contribution is 0.140. The molecule has 1 aliphatic heterocycles. The van der Waals surface area contributed by atoms with Crippen LogP contribution in [0.15, 0.2) is 65.9 Å². The first kappa shape index (κ1) is 21.9. The molecule has 1 unspecified atom stereocenters. The first-order chi connectivity index (χ1) is 15.7. The molecule has 0 amide bonds. The molecule has 2 aromatic carbocycles. The van der Waals surface area contributed by atoms with Crippen LogP contribution in [0.4, 0.5) is 0 Å². The molecule has 7 heteroatoms. The number of nitrogens with one attached hydrogen (secondary N) is 2. The van der Waals surface area contributed by atoms with E-state index < -0.39 is 0 Å². The summed E-state index contributed by atoms with van der Waals surface area (Å²) in [5.41, 5.74) is 4.52. The summed E-state index contributed by atoms with van der Waals surface area (Å²) < 4.78 is 13.5. The van der Waals surface area contributed by atoms with Crippen LogP contribution in [0.2, 0.25) is 0 Å². The van der Waals surface area contributed by atoms with Gasteiger partial charge in [0.25, 0.3) is 0 Å². The quantitative estimate of drug-likeness (QED) is 0.421. The number of aromatic nitrogens is 2. The van der Waals surface area contributed by atoms with Gasteiger partial charge in [0.15, 0.2) is 5.96 Å². The summed E-state index contributed by atoms with van der Waals surface area (Å²) in [7, 11) is 1.78. The van der Waals surface area contributed by atoms with Gasteiger partial charge in [-0.05, 0) is 42.7 Å². The number of benzene rings is 2. The van der Waals surface area contributed by atoms with Crippen molar-refractivity contribution in [3.8, 4) is 11.4 Å². The van der Waals surface area contributed by atoms with Crippen molar-refractivity contribution in [1.29, 1.82) is 0 Å². The van der Waals surface area contributed by atoms with Crippen LogP contribution in [0.25, 0.3) is 5.69 Å². The van der Waals surface area contributed by atoms with Gasteiger partial charge >= 0.3 is 0 Å². The lowest BCUT2D eigenvalue weighted by atomic mass is 10.1. The molecule has 2 heterocycles. The molecule has 4 rings (SSSR count). The van der Waals surface area contributed by atoms with Crippen molar-refractivity contribution in [1.82, 2.24) is 20.4 Å². The maximum atomic E-state index is 6.20. The largest absolute Gasteiger partial charge is 0.488 e. The Kier molecular flexibility index (Phi) is 7.40. The second kappa shape index (κ2) is 10.8. The van der Waals surface area contributed by atoms with Crippen LogP contribution >= 0.6 is 0 Å². The van der Waals surface area contributed by atoms with Crippen molar-refractivity contribution in [2.24, 2.45) is 4.99 Å². The van der Waals surface area contributed by atoms with Crippen LogP contribution in [0, 0.1) is 6.92 Å². The molecule has 7 nitrogen and oxygen atoms in total. The Hall–Kier alpha value is -3.32. The van der Waals surface area contributed by atoms with E-state index in [4.69, 9.17) is 9.47 Å². The van der Waals surface area contributed by atoms with Gasteiger partial charge in [-0.2, -0.15) is 5.10 Å². The second-order valence-electron chi connectivity index (χ2n) is 7.95. The highest BCUT2D eigenvalue weighted by atomic mass is 16.5. The molecule has 0 saturated carbocycles. The van der Waals surface area contributed by atoms with Gasteiger partial charge in [-0.3, -0.25) is 4.99 Å². The van der Waals surface area contributed by atoms with Crippen molar-refractivity contribution < 1.29 is 9.47 Å². The average molecular weight is 434 g/mol. The summed E-state index contributed by atoms with van der Waals surface area (Å²) in [6, 6.07) is 16.4. The number of hydrogen-bond acceptors (Lipinski definition) is 4. The number of para-hydroxylation sites is 1. The minimum absolute atomic E-state index is 0.129. The number of nitrogens with zero attached hydrogens (tertiary/aromatic N) is 3. The average Bonchev–Trinajstić information content (AvgIpc) is 3.50. The molecule has 0 bridgehead atoms. The molecular formula is C25H31N5O2. The van der Waals surface area contributed by atoms with Crippen LogP contribution in [0.3, 0.4) is 0 Å². The fraction of sp³-hybridized carbons (Fsp3) is 0.360. The molecule has 0 radical (unpaired) electrons. The highest BCUT2D eigenvalue weighted by Crippen LogP contribution is 2.23. The van der Waals surface area contributed by atoms with Gasteiger partial charge < -0.3 is 20.1 Å². The number of rotatable bonds is 8. The summed E-state index contributed by atoms with van der Waals surface area (Å²) in [6.45, 7) is 4.90.